The molecule has 3 aromatic rings. The van der Waals surface area contributed by atoms with Crippen molar-refractivity contribution in [2.24, 2.45) is 0 Å². The second-order valence-electron chi connectivity index (χ2n) is 7.00. The molecule has 0 bridgehead atoms. The molecule has 3 rings (SSSR count). The van der Waals surface area contributed by atoms with Crippen LogP contribution in [0, 0.1) is 6.92 Å². The van der Waals surface area contributed by atoms with Crippen molar-refractivity contribution in [1.82, 2.24) is 9.78 Å². The highest BCUT2D eigenvalue weighted by atomic mass is 16.5. The van der Waals surface area contributed by atoms with Crippen LogP contribution in [0.15, 0.2) is 60.8 Å². The van der Waals surface area contributed by atoms with Crippen LogP contribution in [0.2, 0.25) is 0 Å². The van der Waals surface area contributed by atoms with Gasteiger partial charge in [0, 0.05) is 25.8 Å². The van der Waals surface area contributed by atoms with Crippen molar-refractivity contribution in [2.75, 3.05) is 24.3 Å². The number of anilines is 2. The molecule has 1 unspecified atom stereocenters. The molecule has 0 spiro atoms. The van der Waals surface area contributed by atoms with E-state index in [0.717, 1.165) is 16.8 Å². The summed E-state index contributed by atoms with van der Waals surface area (Å²) in [6.45, 7) is 4.29. The number of hydrogen-bond acceptors (Lipinski definition) is 4. The van der Waals surface area contributed by atoms with Gasteiger partial charge in [0.1, 0.15) is 11.6 Å². The summed E-state index contributed by atoms with van der Waals surface area (Å²) in [5, 5.41) is 7.23. The first-order valence-corrected chi connectivity index (χ1v) is 9.24. The van der Waals surface area contributed by atoms with Crippen molar-refractivity contribution in [3.63, 3.8) is 0 Å². The number of rotatable bonds is 7. The number of aromatic nitrogens is 2. The molecule has 1 aromatic heterocycles. The van der Waals surface area contributed by atoms with Crippen molar-refractivity contribution in [2.45, 2.75) is 26.5 Å². The Hall–Kier alpha value is -3.28. The van der Waals surface area contributed by atoms with Crippen molar-refractivity contribution in [3.8, 4) is 5.75 Å². The number of ether oxygens (including phenoxy) is 1. The predicted molar refractivity (Wildman–Crippen MR) is 112 cm³/mol. The van der Waals surface area contributed by atoms with E-state index in [4.69, 9.17) is 4.74 Å². The SMILES string of the molecule is Cc1cccc(OC(C)C(=O)Nc2ccnn2Cc2ccc(N(C)C)cc2)c1. The summed E-state index contributed by atoms with van der Waals surface area (Å²) in [6, 6.07) is 17.7. The lowest BCUT2D eigenvalue weighted by molar-refractivity contribution is -0.122. The molecule has 0 aliphatic heterocycles. The van der Waals surface area contributed by atoms with Gasteiger partial charge in [0.05, 0.1) is 12.7 Å². The van der Waals surface area contributed by atoms with E-state index in [-0.39, 0.29) is 5.91 Å². The number of hydrogen-bond donors (Lipinski definition) is 1. The lowest BCUT2D eigenvalue weighted by Crippen LogP contribution is -2.31. The van der Waals surface area contributed by atoms with Crippen LogP contribution in [0.4, 0.5) is 11.5 Å². The summed E-state index contributed by atoms with van der Waals surface area (Å²) >= 11 is 0. The Labute approximate surface area is 165 Å². The van der Waals surface area contributed by atoms with Crippen molar-refractivity contribution < 1.29 is 9.53 Å². The fourth-order valence-corrected chi connectivity index (χ4v) is 2.81. The number of carbonyl (C=O) groups is 1. The molecule has 28 heavy (non-hydrogen) atoms. The Morgan fingerprint density at radius 2 is 1.93 bits per heavy atom. The third-order valence-electron chi connectivity index (χ3n) is 4.42. The largest absolute Gasteiger partial charge is 0.481 e. The van der Waals surface area contributed by atoms with E-state index in [0.29, 0.717) is 18.1 Å². The maximum absolute atomic E-state index is 12.5. The molecule has 0 aliphatic carbocycles. The molecule has 1 amide bonds. The highest BCUT2D eigenvalue weighted by molar-refractivity contribution is 5.93. The highest BCUT2D eigenvalue weighted by Crippen LogP contribution is 2.17. The Balaban J connectivity index is 1.63. The number of carbonyl (C=O) groups excluding carboxylic acids is 1. The standard InChI is InChI=1S/C22H26N4O2/c1-16-6-5-7-20(14-16)28-17(2)22(27)24-21-12-13-23-26(21)15-18-8-10-19(11-9-18)25(3)4/h5-14,17H,15H2,1-4H3,(H,24,27). The van der Waals surface area contributed by atoms with Gasteiger partial charge >= 0.3 is 0 Å². The zero-order chi connectivity index (χ0) is 20.1. The first-order chi connectivity index (χ1) is 13.4. The van der Waals surface area contributed by atoms with E-state index in [1.165, 1.54) is 0 Å². The van der Waals surface area contributed by atoms with Crippen LogP contribution in [-0.2, 0) is 11.3 Å². The van der Waals surface area contributed by atoms with Gasteiger partial charge in [0.15, 0.2) is 6.10 Å². The highest BCUT2D eigenvalue weighted by Gasteiger charge is 2.17. The van der Waals surface area contributed by atoms with Gasteiger partial charge < -0.3 is 15.0 Å². The molecular formula is C22H26N4O2. The topological polar surface area (TPSA) is 59.4 Å². The van der Waals surface area contributed by atoms with Gasteiger partial charge in [-0.3, -0.25) is 4.79 Å². The van der Waals surface area contributed by atoms with E-state index in [9.17, 15) is 4.79 Å². The van der Waals surface area contributed by atoms with Crippen LogP contribution in [0.1, 0.15) is 18.1 Å². The number of amides is 1. The monoisotopic (exact) mass is 378 g/mol. The average Bonchev–Trinajstić information content (AvgIpc) is 3.08. The zero-order valence-corrected chi connectivity index (χ0v) is 16.7. The van der Waals surface area contributed by atoms with E-state index >= 15 is 0 Å². The maximum Gasteiger partial charge on any atom is 0.266 e. The first kappa shape index (κ1) is 19.5. The fraction of sp³-hybridized carbons (Fsp3) is 0.273. The summed E-state index contributed by atoms with van der Waals surface area (Å²) in [6.07, 6.45) is 1.06. The van der Waals surface area contributed by atoms with Gasteiger partial charge in [-0.1, -0.05) is 24.3 Å². The van der Waals surface area contributed by atoms with Crippen molar-refractivity contribution in [1.29, 1.82) is 0 Å². The number of benzene rings is 2. The van der Waals surface area contributed by atoms with Crippen LogP contribution in [0.3, 0.4) is 0 Å². The summed E-state index contributed by atoms with van der Waals surface area (Å²) in [7, 11) is 4.02. The lowest BCUT2D eigenvalue weighted by Gasteiger charge is -2.16. The fourth-order valence-electron chi connectivity index (χ4n) is 2.81. The third-order valence-corrected chi connectivity index (χ3v) is 4.42. The van der Waals surface area contributed by atoms with E-state index in [1.807, 2.05) is 45.3 Å². The van der Waals surface area contributed by atoms with Gasteiger partial charge in [-0.25, -0.2) is 4.68 Å². The van der Waals surface area contributed by atoms with Crippen molar-refractivity contribution >= 4 is 17.4 Å². The average molecular weight is 378 g/mol. The van der Waals surface area contributed by atoms with Crippen LogP contribution >= 0.6 is 0 Å². The molecule has 146 valence electrons. The molecular weight excluding hydrogens is 352 g/mol. The third kappa shape index (κ3) is 4.91. The summed E-state index contributed by atoms with van der Waals surface area (Å²) < 4.78 is 7.52. The number of nitrogens with zero attached hydrogens (tertiary/aromatic N) is 3. The summed E-state index contributed by atoms with van der Waals surface area (Å²) in [5.41, 5.74) is 3.33. The second-order valence-corrected chi connectivity index (χ2v) is 7.00. The Bertz CT molecular complexity index is 932. The summed E-state index contributed by atoms with van der Waals surface area (Å²) in [5.74, 6) is 1.10. The van der Waals surface area contributed by atoms with Gasteiger partial charge in [0.25, 0.3) is 5.91 Å². The molecule has 1 atom stereocenters. The van der Waals surface area contributed by atoms with Gasteiger partial charge in [0.2, 0.25) is 0 Å². The van der Waals surface area contributed by atoms with Crippen LogP contribution in [-0.4, -0.2) is 35.9 Å². The molecule has 1 heterocycles. The smallest absolute Gasteiger partial charge is 0.266 e. The van der Waals surface area contributed by atoms with Crippen LogP contribution in [0.5, 0.6) is 5.75 Å². The second kappa shape index (κ2) is 8.61. The van der Waals surface area contributed by atoms with Crippen LogP contribution < -0.4 is 15.0 Å². The maximum atomic E-state index is 12.5. The molecule has 0 fully saturated rings. The minimum Gasteiger partial charge on any atom is -0.481 e. The molecule has 0 radical (unpaired) electrons. The Morgan fingerprint density at radius 3 is 2.61 bits per heavy atom. The minimum atomic E-state index is -0.621. The van der Waals surface area contributed by atoms with Crippen molar-refractivity contribution in [3.05, 3.63) is 71.9 Å². The van der Waals surface area contributed by atoms with Gasteiger partial charge in [-0.15, -0.1) is 0 Å². The predicted octanol–water partition coefficient (Wildman–Crippen LogP) is 3.71. The Kier molecular flexibility index (Phi) is 5.99. The molecule has 2 aromatic carbocycles. The lowest BCUT2D eigenvalue weighted by atomic mass is 10.2. The van der Waals surface area contributed by atoms with Crippen LogP contribution in [0.25, 0.3) is 0 Å². The molecule has 6 nitrogen and oxygen atoms in total. The number of aryl methyl sites for hydroxylation is 1. The van der Waals surface area contributed by atoms with E-state index in [2.05, 4.69) is 39.6 Å². The van der Waals surface area contributed by atoms with Gasteiger partial charge in [-0.05, 0) is 49.2 Å². The van der Waals surface area contributed by atoms with Gasteiger partial charge in [-0.2, -0.15) is 5.10 Å². The first-order valence-electron chi connectivity index (χ1n) is 9.24. The molecule has 0 saturated heterocycles. The number of nitrogens with one attached hydrogen (secondary N) is 1. The molecule has 6 heteroatoms. The summed E-state index contributed by atoms with van der Waals surface area (Å²) in [4.78, 5) is 14.6. The Morgan fingerprint density at radius 1 is 1.18 bits per heavy atom. The molecule has 1 N–H and O–H groups in total. The minimum absolute atomic E-state index is 0.216. The quantitative estimate of drug-likeness (QED) is 0.681. The van der Waals surface area contributed by atoms with E-state index < -0.39 is 6.10 Å². The zero-order valence-electron chi connectivity index (χ0n) is 16.7. The molecule has 0 aliphatic rings. The van der Waals surface area contributed by atoms with E-state index in [1.54, 1.807) is 23.9 Å². The normalized spacial score (nSPS) is 11.7. The molecule has 0 saturated carbocycles.